The Morgan fingerprint density at radius 3 is 2.21 bits per heavy atom. The van der Waals surface area contributed by atoms with E-state index in [4.69, 9.17) is 11.6 Å². The molecule has 0 radical (unpaired) electrons. The van der Waals surface area contributed by atoms with Crippen molar-refractivity contribution in [1.29, 1.82) is 0 Å². The zero-order valence-electron chi connectivity index (χ0n) is 17.8. The number of carbonyl (C=O) groups excluding carboxylic acids is 3. The standard InChI is InChI=1S/C24H19ClN2O5S2/c25-19-8-9-20(33-19)34(31,32)27-12-10-14(11-13-27)24(30)26-18-7-3-6-17-21(18)23(29)16-5-2-1-4-15(16)22(17)28/h1-9,14H,10-13H2,(H,26,30). The van der Waals surface area contributed by atoms with Crippen LogP contribution in [0.1, 0.15) is 44.7 Å². The molecule has 10 heteroatoms. The predicted octanol–water partition coefficient (Wildman–Crippen LogP) is 4.22. The first-order valence-electron chi connectivity index (χ1n) is 10.6. The van der Waals surface area contributed by atoms with Crippen LogP contribution in [-0.2, 0) is 14.8 Å². The van der Waals surface area contributed by atoms with Gasteiger partial charge in [-0.25, -0.2) is 8.42 Å². The molecule has 1 aliphatic heterocycles. The second kappa shape index (κ2) is 8.74. The first-order valence-corrected chi connectivity index (χ1v) is 13.3. The van der Waals surface area contributed by atoms with Gasteiger partial charge in [0.1, 0.15) is 4.21 Å². The summed E-state index contributed by atoms with van der Waals surface area (Å²) in [7, 11) is -3.65. The number of carbonyl (C=O) groups is 3. The zero-order chi connectivity index (χ0) is 24.0. The number of benzene rings is 2. The lowest BCUT2D eigenvalue weighted by atomic mass is 9.83. The average Bonchev–Trinajstić information content (AvgIpc) is 3.29. The van der Waals surface area contributed by atoms with E-state index in [2.05, 4.69) is 5.32 Å². The van der Waals surface area contributed by atoms with Crippen molar-refractivity contribution in [3.63, 3.8) is 0 Å². The van der Waals surface area contributed by atoms with Crippen molar-refractivity contribution in [2.75, 3.05) is 18.4 Å². The van der Waals surface area contributed by atoms with Gasteiger partial charge in [0.15, 0.2) is 11.6 Å². The van der Waals surface area contributed by atoms with Crippen molar-refractivity contribution in [2.45, 2.75) is 17.1 Å². The van der Waals surface area contributed by atoms with E-state index in [1.54, 1.807) is 48.5 Å². The fourth-order valence-electron chi connectivity index (χ4n) is 4.41. The lowest BCUT2D eigenvalue weighted by Crippen LogP contribution is -2.41. The Kier molecular flexibility index (Phi) is 5.89. The summed E-state index contributed by atoms with van der Waals surface area (Å²) in [5, 5.41) is 2.81. The Balaban J connectivity index is 1.32. The van der Waals surface area contributed by atoms with E-state index in [9.17, 15) is 22.8 Å². The number of sulfonamides is 1. The summed E-state index contributed by atoms with van der Waals surface area (Å²) >= 11 is 6.89. The van der Waals surface area contributed by atoms with Crippen LogP contribution in [0, 0.1) is 5.92 Å². The molecule has 5 rings (SSSR count). The average molecular weight is 515 g/mol. The number of nitrogens with one attached hydrogen (secondary N) is 1. The van der Waals surface area contributed by atoms with Crippen LogP contribution < -0.4 is 5.32 Å². The number of piperidine rings is 1. The minimum atomic E-state index is -3.65. The van der Waals surface area contributed by atoms with Crippen molar-refractivity contribution in [3.8, 4) is 0 Å². The van der Waals surface area contributed by atoms with Gasteiger partial charge in [0, 0.05) is 35.7 Å². The predicted molar refractivity (Wildman–Crippen MR) is 129 cm³/mol. The fourth-order valence-corrected chi connectivity index (χ4v) is 7.51. The van der Waals surface area contributed by atoms with Crippen molar-refractivity contribution in [1.82, 2.24) is 4.31 Å². The third kappa shape index (κ3) is 3.88. The summed E-state index contributed by atoms with van der Waals surface area (Å²) in [6.45, 7) is 0.404. The molecule has 2 heterocycles. The SMILES string of the molecule is O=C1c2ccccc2C(=O)c2c(NC(=O)C3CCN(S(=O)(=O)c4ccc(Cl)s4)CC3)cccc21. The van der Waals surface area contributed by atoms with Gasteiger partial charge in [0.05, 0.1) is 15.6 Å². The summed E-state index contributed by atoms with van der Waals surface area (Å²) in [4.78, 5) is 39.1. The highest BCUT2D eigenvalue weighted by Crippen LogP contribution is 2.34. The van der Waals surface area contributed by atoms with E-state index in [1.165, 1.54) is 10.4 Å². The van der Waals surface area contributed by atoms with Crippen LogP contribution in [0.4, 0.5) is 5.69 Å². The van der Waals surface area contributed by atoms with Gasteiger partial charge >= 0.3 is 0 Å². The number of thiophene rings is 1. The van der Waals surface area contributed by atoms with E-state index < -0.39 is 15.9 Å². The van der Waals surface area contributed by atoms with Gasteiger partial charge in [-0.05, 0) is 31.0 Å². The Labute approximate surface area is 205 Å². The van der Waals surface area contributed by atoms with Crippen LogP contribution in [0.25, 0.3) is 0 Å². The zero-order valence-corrected chi connectivity index (χ0v) is 20.2. The Hall–Kier alpha value is -2.85. The van der Waals surface area contributed by atoms with Crippen LogP contribution in [0.3, 0.4) is 0 Å². The van der Waals surface area contributed by atoms with Crippen LogP contribution in [0.2, 0.25) is 4.34 Å². The summed E-state index contributed by atoms with van der Waals surface area (Å²) in [5.41, 5.74) is 1.41. The molecule has 1 aliphatic carbocycles. The van der Waals surface area contributed by atoms with Crippen LogP contribution in [0.5, 0.6) is 0 Å². The van der Waals surface area contributed by atoms with Crippen LogP contribution in [-0.4, -0.2) is 43.3 Å². The molecular weight excluding hydrogens is 496 g/mol. The van der Waals surface area contributed by atoms with Crippen LogP contribution in [0.15, 0.2) is 58.8 Å². The first-order chi connectivity index (χ1) is 16.3. The number of hydrogen-bond acceptors (Lipinski definition) is 6. The number of ketones is 2. The van der Waals surface area contributed by atoms with Gasteiger partial charge in [-0.2, -0.15) is 4.31 Å². The normalized spacial score (nSPS) is 16.7. The van der Waals surface area contributed by atoms with Gasteiger partial charge in [-0.3, -0.25) is 14.4 Å². The molecule has 2 aromatic carbocycles. The highest BCUT2D eigenvalue weighted by molar-refractivity contribution is 7.91. The number of anilines is 1. The van der Waals surface area contributed by atoms with Gasteiger partial charge in [-0.15, -0.1) is 11.3 Å². The first kappa shape index (κ1) is 22.9. The van der Waals surface area contributed by atoms with E-state index in [-0.39, 0.29) is 45.9 Å². The van der Waals surface area contributed by atoms with Crippen molar-refractivity contribution in [3.05, 3.63) is 81.2 Å². The van der Waals surface area contributed by atoms with Gasteiger partial charge in [0.25, 0.3) is 10.0 Å². The molecular formula is C24H19ClN2O5S2. The third-order valence-corrected chi connectivity index (χ3v) is 9.77. The van der Waals surface area contributed by atoms with Crippen molar-refractivity contribution < 1.29 is 22.8 Å². The maximum Gasteiger partial charge on any atom is 0.252 e. The molecule has 1 aromatic heterocycles. The summed E-state index contributed by atoms with van der Waals surface area (Å²) in [6.07, 6.45) is 0.684. The molecule has 3 aromatic rings. The number of nitrogens with zero attached hydrogens (tertiary/aromatic N) is 1. The third-order valence-electron chi connectivity index (χ3n) is 6.18. The number of rotatable bonds is 4. The highest BCUT2D eigenvalue weighted by Gasteiger charge is 2.35. The summed E-state index contributed by atoms with van der Waals surface area (Å²) < 4.78 is 27.5. The molecule has 2 aliphatic rings. The molecule has 1 fully saturated rings. The second-order valence-corrected chi connectivity index (χ2v) is 12.0. The Morgan fingerprint density at radius 1 is 0.912 bits per heavy atom. The maximum atomic E-state index is 13.1. The highest BCUT2D eigenvalue weighted by atomic mass is 35.5. The Morgan fingerprint density at radius 2 is 1.56 bits per heavy atom. The van der Waals surface area contributed by atoms with E-state index in [0.29, 0.717) is 34.0 Å². The smallest absolute Gasteiger partial charge is 0.252 e. The molecule has 0 bridgehead atoms. The Bertz CT molecular complexity index is 1440. The number of halogens is 1. The maximum absolute atomic E-state index is 13.1. The molecule has 34 heavy (non-hydrogen) atoms. The molecule has 174 valence electrons. The van der Waals surface area contributed by atoms with E-state index in [0.717, 1.165) is 11.3 Å². The minimum absolute atomic E-state index is 0.180. The number of hydrogen-bond donors (Lipinski definition) is 1. The molecule has 1 amide bonds. The van der Waals surface area contributed by atoms with Crippen LogP contribution >= 0.6 is 22.9 Å². The number of fused-ring (bicyclic) bond motifs is 2. The monoisotopic (exact) mass is 514 g/mol. The van der Waals surface area contributed by atoms with Crippen molar-refractivity contribution >= 4 is 56.1 Å². The van der Waals surface area contributed by atoms with Gasteiger partial charge in [-0.1, -0.05) is 48.0 Å². The molecule has 0 saturated carbocycles. The lowest BCUT2D eigenvalue weighted by Gasteiger charge is -2.30. The van der Waals surface area contributed by atoms with Gasteiger partial charge < -0.3 is 5.32 Å². The minimum Gasteiger partial charge on any atom is -0.325 e. The largest absolute Gasteiger partial charge is 0.325 e. The van der Waals surface area contributed by atoms with E-state index in [1.807, 2.05) is 0 Å². The summed E-state index contributed by atoms with van der Waals surface area (Å²) in [5.74, 6) is -1.29. The number of amides is 1. The molecule has 7 nitrogen and oxygen atoms in total. The molecule has 0 atom stereocenters. The quantitative estimate of drug-likeness (QED) is 0.439. The summed E-state index contributed by atoms with van der Waals surface area (Å²) in [6, 6.07) is 14.5. The fraction of sp³-hybridized carbons (Fsp3) is 0.208. The molecule has 1 saturated heterocycles. The van der Waals surface area contributed by atoms with E-state index >= 15 is 0 Å². The van der Waals surface area contributed by atoms with Gasteiger partial charge in [0.2, 0.25) is 5.91 Å². The molecule has 0 unspecified atom stereocenters. The molecule has 1 N–H and O–H groups in total. The second-order valence-electron chi connectivity index (χ2n) is 8.16. The lowest BCUT2D eigenvalue weighted by molar-refractivity contribution is -0.120. The van der Waals surface area contributed by atoms with Crippen molar-refractivity contribution in [2.24, 2.45) is 5.92 Å². The molecule has 0 spiro atoms. The topological polar surface area (TPSA) is 101 Å².